The highest BCUT2D eigenvalue weighted by molar-refractivity contribution is 6.31. The van der Waals surface area contributed by atoms with Gasteiger partial charge in [0.1, 0.15) is 11.4 Å². The highest BCUT2D eigenvalue weighted by atomic mass is 35.5. The average Bonchev–Trinajstić information content (AvgIpc) is 3.10. The highest BCUT2D eigenvalue weighted by Crippen LogP contribution is 2.25. The van der Waals surface area contributed by atoms with Gasteiger partial charge in [-0.2, -0.15) is 5.10 Å². The SMILES string of the molecule is Cc1nn(-c2ccc(NC(=O)c3ccc(OCCCN4CCNCC4)cc3)cc2F)c(C)c1Cl.Cl. The summed E-state index contributed by atoms with van der Waals surface area (Å²) in [7, 11) is 0. The number of carbonyl (C=O) groups is 1. The van der Waals surface area contributed by atoms with Crippen LogP contribution in [0.2, 0.25) is 5.02 Å². The Balaban J connectivity index is 0.00000342. The van der Waals surface area contributed by atoms with Crippen LogP contribution < -0.4 is 15.4 Å². The Bertz CT molecular complexity index is 1150. The van der Waals surface area contributed by atoms with Gasteiger partial charge in [-0.1, -0.05) is 11.6 Å². The second-order valence-corrected chi connectivity index (χ2v) is 8.71. The lowest BCUT2D eigenvalue weighted by atomic mass is 10.2. The van der Waals surface area contributed by atoms with Crippen molar-refractivity contribution >= 4 is 35.6 Å². The third-order valence-corrected chi connectivity index (χ3v) is 6.40. The molecule has 35 heavy (non-hydrogen) atoms. The first-order chi connectivity index (χ1) is 16.4. The molecule has 2 aromatic carbocycles. The lowest BCUT2D eigenvalue weighted by Crippen LogP contribution is -2.43. The topological polar surface area (TPSA) is 71.4 Å². The Labute approximate surface area is 216 Å². The number of nitrogens with one attached hydrogen (secondary N) is 2. The van der Waals surface area contributed by atoms with E-state index in [4.69, 9.17) is 16.3 Å². The molecule has 0 atom stereocenters. The molecule has 0 radical (unpaired) electrons. The van der Waals surface area contributed by atoms with Crippen LogP contribution in [0.15, 0.2) is 42.5 Å². The van der Waals surface area contributed by atoms with Crippen LogP contribution in [0.4, 0.5) is 10.1 Å². The minimum Gasteiger partial charge on any atom is -0.494 e. The van der Waals surface area contributed by atoms with Gasteiger partial charge in [0, 0.05) is 44.0 Å². The molecule has 1 aliphatic rings. The maximum Gasteiger partial charge on any atom is 0.255 e. The van der Waals surface area contributed by atoms with Crippen molar-refractivity contribution in [1.82, 2.24) is 20.0 Å². The number of anilines is 1. The zero-order chi connectivity index (χ0) is 24.1. The second-order valence-electron chi connectivity index (χ2n) is 8.33. The molecule has 1 amide bonds. The van der Waals surface area contributed by atoms with E-state index in [9.17, 15) is 9.18 Å². The second kappa shape index (κ2) is 12.4. The minimum absolute atomic E-state index is 0. The first-order valence-corrected chi connectivity index (χ1v) is 11.8. The Morgan fingerprint density at radius 1 is 1.17 bits per heavy atom. The first-order valence-electron chi connectivity index (χ1n) is 11.4. The number of rotatable bonds is 8. The number of piperazine rings is 1. The van der Waals surface area contributed by atoms with Gasteiger partial charge in [-0.3, -0.25) is 4.79 Å². The molecule has 0 aliphatic carbocycles. The van der Waals surface area contributed by atoms with E-state index in [0.29, 0.717) is 34.3 Å². The van der Waals surface area contributed by atoms with Gasteiger partial charge < -0.3 is 20.3 Å². The van der Waals surface area contributed by atoms with Crippen LogP contribution in [0.5, 0.6) is 5.75 Å². The van der Waals surface area contributed by atoms with Gasteiger partial charge in [0.2, 0.25) is 0 Å². The molecule has 4 rings (SSSR count). The van der Waals surface area contributed by atoms with Gasteiger partial charge in [-0.25, -0.2) is 9.07 Å². The molecule has 1 aromatic heterocycles. The van der Waals surface area contributed by atoms with Crippen LogP contribution in [-0.2, 0) is 0 Å². The van der Waals surface area contributed by atoms with E-state index in [1.807, 2.05) is 0 Å². The molecule has 7 nitrogen and oxygen atoms in total. The maximum absolute atomic E-state index is 14.8. The molecule has 0 unspecified atom stereocenters. The predicted octanol–water partition coefficient (Wildman–Crippen LogP) is 4.63. The van der Waals surface area contributed by atoms with Crippen molar-refractivity contribution in [3.05, 3.63) is 70.3 Å². The van der Waals surface area contributed by atoms with Gasteiger partial charge in [0.25, 0.3) is 5.91 Å². The quantitative estimate of drug-likeness (QED) is 0.423. The number of ether oxygens (including phenoxy) is 1. The van der Waals surface area contributed by atoms with E-state index in [1.54, 1.807) is 50.2 Å². The van der Waals surface area contributed by atoms with Gasteiger partial charge in [-0.15, -0.1) is 12.4 Å². The molecule has 0 bridgehead atoms. The third-order valence-electron chi connectivity index (χ3n) is 5.85. The van der Waals surface area contributed by atoms with Crippen LogP contribution in [0, 0.1) is 19.7 Å². The van der Waals surface area contributed by atoms with Gasteiger partial charge in [0.15, 0.2) is 5.82 Å². The lowest BCUT2D eigenvalue weighted by Gasteiger charge is -2.26. The number of amides is 1. The maximum atomic E-state index is 14.8. The number of aryl methyl sites for hydroxylation is 1. The minimum atomic E-state index is -0.510. The summed E-state index contributed by atoms with van der Waals surface area (Å²) in [5, 5.41) is 10.9. The average molecular weight is 522 g/mol. The molecule has 2 N–H and O–H groups in total. The molecule has 1 fully saturated rings. The fraction of sp³-hybridized carbons (Fsp3) is 0.360. The molecule has 10 heteroatoms. The van der Waals surface area contributed by atoms with Crippen molar-refractivity contribution in [2.75, 3.05) is 44.6 Å². The van der Waals surface area contributed by atoms with Crippen molar-refractivity contribution in [1.29, 1.82) is 0 Å². The number of hydrogen-bond acceptors (Lipinski definition) is 5. The van der Waals surface area contributed by atoms with Crippen molar-refractivity contribution < 1.29 is 13.9 Å². The monoisotopic (exact) mass is 521 g/mol. The Morgan fingerprint density at radius 2 is 1.89 bits per heavy atom. The molecule has 0 saturated carbocycles. The van der Waals surface area contributed by atoms with Gasteiger partial charge >= 0.3 is 0 Å². The summed E-state index contributed by atoms with van der Waals surface area (Å²) in [4.78, 5) is 15.0. The van der Waals surface area contributed by atoms with E-state index in [2.05, 4.69) is 20.6 Å². The molecular formula is C25H30Cl2FN5O2. The summed E-state index contributed by atoms with van der Waals surface area (Å²) in [6.45, 7) is 9.42. The molecule has 188 valence electrons. The van der Waals surface area contributed by atoms with E-state index < -0.39 is 5.82 Å². The molecule has 1 saturated heterocycles. The Morgan fingerprint density at radius 3 is 2.51 bits per heavy atom. The van der Waals surface area contributed by atoms with Crippen LogP contribution in [-0.4, -0.2) is 59.9 Å². The summed E-state index contributed by atoms with van der Waals surface area (Å²) in [5.74, 6) is -0.119. The molecule has 0 spiro atoms. The van der Waals surface area contributed by atoms with E-state index >= 15 is 0 Å². The number of nitrogens with zero attached hydrogens (tertiary/aromatic N) is 3. The van der Waals surface area contributed by atoms with Crippen molar-refractivity contribution in [3.8, 4) is 11.4 Å². The standard InChI is InChI=1S/C25H29ClFN5O2.ClH/c1-17-24(26)18(2)32(30-17)23-9-6-20(16-22(23)27)29-25(33)19-4-7-21(8-5-19)34-15-3-12-31-13-10-28-11-14-31;/h4-9,16,28H,3,10-15H2,1-2H3,(H,29,33);1H. The lowest BCUT2D eigenvalue weighted by molar-refractivity contribution is 0.102. The molecular weight excluding hydrogens is 492 g/mol. The van der Waals surface area contributed by atoms with Crippen molar-refractivity contribution in [2.24, 2.45) is 0 Å². The molecule has 2 heterocycles. The molecule has 1 aliphatic heterocycles. The highest BCUT2D eigenvalue weighted by Gasteiger charge is 2.15. The normalized spacial score (nSPS) is 13.8. The number of aromatic nitrogens is 2. The van der Waals surface area contributed by atoms with Gasteiger partial charge in [-0.05, 0) is 62.7 Å². The van der Waals surface area contributed by atoms with Crippen LogP contribution >= 0.6 is 24.0 Å². The first kappa shape index (κ1) is 26.9. The van der Waals surface area contributed by atoms with Crippen molar-refractivity contribution in [2.45, 2.75) is 20.3 Å². The number of benzene rings is 2. The molecule has 3 aromatic rings. The Hall–Kier alpha value is -2.65. The zero-order valence-corrected chi connectivity index (χ0v) is 21.4. The summed E-state index contributed by atoms with van der Waals surface area (Å²) in [6.07, 6.45) is 0.952. The van der Waals surface area contributed by atoms with E-state index in [0.717, 1.165) is 44.9 Å². The number of hydrogen-bond donors (Lipinski definition) is 2. The van der Waals surface area contributed by atoms with E-state index in [1.165, 1.54) is 10.7 Å². The van der Waals surface area contributed by atoms with Crippen LogP contribution in [0.3, 0.4) is 0 Å². The summed E-state index contributed by atoms with van der Waals surface area (Å²) in [5.41, 5.74) is 2.36. The van der Waals surface area contributed by atoms with Crippen LogP contribution in [0.25, 0.3) is 5.69 Å². The van der Waals surface area contributed by atoms with Gasteiger partial charge in [0.05, 0.1) is 23.0 Å². The fourth-order valence-electron chi connectivity index (χ4n) is 3.93. The Kier molecular flexibility index (Phi) is 9.51. The zero-order valence-electron chi connectivity index (χ0n) is 19.8. The van der Waals surface area contributed by atoms with E-state index in [-0.39, 0.29) is 24.0 Å². The third kappa shape index (κ3) is 6.73. The number of halogens is 3. The summed E-state index contributed by atoms with van der Waals surface area (Å²) >= 11 is 6.17. The smallest absolute Gasteiger partial charge is 0.255 e. The largest absolute Gasteiger partial charge is 0.494 e. The number of carbonyl (C=O) groups excluding carboxylic acids is 1. The fourth-order valence-corrected chi connectivity index (χ4v) is 4.05. The summed E-state index contributed by atoms with van der Waals surface area (Å²) in [6, 6.07) is 11.4. The van der Waals surface area contributed by atoms with Crippen molar-refractivity contribution in [3.63, 3.8) is 0 Å². The van der Waals surface area contributed by atoms with Crippen LogP contribution in [0.1, 0.15) is 28.2 Å². The predicted molar refractivity (Wildman–Crippen MR) is 139 cm³/mol. The summed E-state index contributed by atoms with van der Waals surface area (Å²) < 4.78 is 22.0.